The summed E-state index contributed by atoms with van der Waals surface area (Å²) in [6, 6.07) is 8.46. The molecule has 2 N–H and O–H groups in total. The molecule has 4 heteroatoms. The molecular weight excluding hydrogens is 284 g/mol. The molecule has 0 spiro atoms. The third-order valence-electron chi connectivity index (χ3n) is 4.90. The van der Waals surface area contributed by atoms with E-state index in [0.29, 0.717) is 11.9 Å². The molecule has 3 nitrogen and oxygen atoms in total. The predicted octanol–water partition coefficient (Wildman–Crippen LogP) is 3.00. The third kappa shape index (κ3) is 3.24. The number of carbonyl (C=O) groups is 1. The summed E-state index contributed by atoms with van der Waals surface area (Å²) in [5, 5.41) is 0.805. The number of likely N-dealkylation sites (tertiary alicyclic amines) is 1. The molecule has 1 aromatic carbocycles. The number of amides is 1. The summed E-state index contributed by atoms with van der Waals surface area (Å²) in [6.07, 6.45) is 5.84. The van der Waals surface area contributed by atoms with Crippen molar-refractivity contribution in [1.82, 2.24) is 4.90 Å². The number of halogens is 1. The Morgan fingerprint density at radius 2 is 2.10 bits per heavy atom. The molecule has 2 aliphatic rings. The molecule has 0 bridgehead atoms. The van der Waals surface area contributed by atoms with Crippen LogP contribution < -0.4 is 5.73 Å². The first-order valence-electron chi connectivity index (χ1n) is 7.94. The van der Waals surface area contributed by atoms with Gasteiger partial charge in [-0.15, -0.1) is 0 Å². The monoisotopic (exact) mass is 306 g/mol. The highest BCUT2D eigenvalue weighted by Crippen LogP contribution is 2.31. The molecule has 1 heterocycles. The number of benzene rings is 1. The Morgan fingerprint density at radius 3 is 2.81 bits per heavy atom. The predicted molar refractivity (Wildman–Crippen MR) is 85.2 cm³/mol. The summed E-state index contributed by atoms with van der Waals surface area (Å²) in [5.41, 5.74) is 7.10. The SMILES string of the molecule is N[C@@H]1CC[C@H](C(=O)N2CCC[C@H]2Cc2ccccc2Cl)C1. The third-order valence-corrected chi connectivity index (χ3v) is 5.26. The van der Waals surface area contributed by atoms with E-state index in [1.54, 1.807) is 0 Å². The van der Waals surface area contributed by atoms with Gasteiger partial charge in [-0.25, -0.2) is 0 Å². The molecule has 114 valence electrons. The summed E-state index contributed by atoms with van der Waals surface area (Å²) >= 11 is 6.26. The highest BCUT2D eigenvalue weighted by Gasteiger charge is 2.36. The van der Waals surface area contributed by atoms with Crippen molar-refractivity contribution in [3.8, 4) is 0 Å². The van der Waals surface area contributed by atoms with Gasteiger partial charge in [0.2, 0.25) is 5.91 Å². The summed E-state index contributed by atoms with van der Waals surface area (Å²) in [7, 11) is 0. The second-order valence-corrected chi connectivity index (χ2v) is 6.80. The van der Waals surface area contributed by atoms with Crippen LogP contribution in [0.15, 0.2) is 24.3 Å². The maximum Gasteiger partial charge on any atom is 0.226 e. The number of rotatable bonds is 3. The van der Waals surface area contributed by atoms with Crippen molar-refractivity contribution in [3.63, 3.8) is 0 Å². The number of hydrogen-bond donors (Lipinski definition) is 1. The van der Waals surface area contributed by atoms with Crippen molar-refractivity contribution in [2.45, 2.75) is 50.6 Å². The molecule has 1 aromatic rings. The second kappa shape index (κ2) is 6.37. The molecular formula is C17H23ClN2O. The maximum atomic E-state index is 12.7. The van der Waals surface area contributed by atoms with Gasteiger partial charge in [0.15, 0.2) is 0 Å². The molecule has 1 amide bonds. The van der Waals surface area contributed by atoms with E-state index in [2.05, 4.69) is 11.0 Å². The van der Waals surface area contributed by atoms with Crippen LogP contribution in [0, 0.1) is 5.92 Å². The molecule has 1 saturated carbocycles. The van der Waals surface area contributed by atoms with E-state index in [-0.39, 0.29) is 12.0 Å². The number of nitrogens with zero attached hydrogens (tertiary/aromatic N) is 1. The average molecular weight is 307 g/mol. The zero-order valence-corrected chi connectivity index (χ0v) is 13.1. The van der Waals surface area contributed by atoms with Crippen molar-refractivity contribution in [1.29, 1.82) is 0 Å². The maximum absolute atomic E-state index is 12.7. The molecule has 1 aliphatic heterocycles. The normalized spacial score (nSPS) is 29.0. The van der Waals surface area contributed by atoms with Gasteiger partial charge >= 0.3 is 0 Å². The zero-order chi connectivity index (χ0) is 14.8. The van der Waals surface area contributed by atoms with Gasteiger partial charge in [0.1, 0.15) is 0 Å². The fourth-order valence-corrected chi connectivity index (χ4v) is 3.94. The minimum absolute atomic E-state index is 0.145. The van der Waals surface area contributed by atoms with Gasteiger partial charge in [-0.05, 0) is 50.2 Å². The van der Waals surface area contributed by atoms with Gasteiger partial charge in [-0.1, -0.05) is 29.8 Å². The molecule has 0 aromatic heterocycles. The van der Waals surface area contributed by atoms with E-state index in [1.807, 2.05) is 18.2 Å². The first-order chi connectivity index (χ1) is 10.1. The van der Waals surface area contributed by atoms with E-state index >= 15 is 0 Å². The van der Waals surface area contributed by atoms with Crippen molar-refractivity contribution in [2.24, 2.45) is 11.7 Å². The molecule has 1 aliphatic carbocycles. The second-order valence-electron chi connectivity index (χ2n) is 6.39. The lowest BCUT2D eigenvalue weighted by atomic mass is 10.0. The van der Waals surface area contributed by atoms with E-state index < -0.39 is 0 Å². The van der Waals surface area contributed by atoms with Crippen LogP contribution in [0.1, 0.15) is 37.7 Å². The summed E-state index contributed by atoms with van der Waals surface area (Å²) in [5.74, 6) is 0.462. The molecule has 1 saturated heterocycles. The Bertz CT molecular complexity index is 519. The van der Waals surface area contributed by atoms with Crippen molar-refractivity contribution in [3.05, 3.63) is 34.9 Å². The Morgan fingerprint density at radius 1 is 1.29 bits per heavy atom. The van der Waals surface area contributed by atoms with E-state index in [0.717, 1.165) is 55.7 Å². The minimum Gasteiger partial charge on any atom is -0.339 e. The zero-order valence-electron chi connectivity index (χ0n) is 12.3. The smallest absolute Gasteiger partial charge is 0.226 e. The molecule has 0 unspecified atom stereocenters. The van der Waals surface area contributed by atoms with E-state index in [1.165, 1.54) is 0 Å². The summed E-state index contributed by atoms with van der Waals surface area (Å²) in [4.78, 5) is 14.8. The van der Waals surface area contributed by atoms with Crippen LogP contribution in [0.5, 0.6) is 0 Å². The Kier molecular flexibility index (Phi) is 4.51. The fourth-order valence-electron chi connectivity index (χ4n) is 3.73. The van der Waals surface area contributed by atoms with E-state index in [9.17, 15) is 4.79 Å². The largest absolute Gasteiger partial charge is 0.339 e. The lowest BCUT2D eigenvalue weighted by Crippen LogP contribution is -2.40. The van der Waals surface area contributed by atoms with Gasteiger partial charge in [0.05, 0.1) is 0 Å². The molecule has 3 rings (SSSR count). The van der Waals surface area contributed by atoms with Crippen LogP contribution in [-0.2, 0) is 11.2 Å². The van der Waals surface area contributed by atoms with Crippen LogP contribution in [-0.4, -0.2) is 29.4 Å². The Labute approximate surface area is 131 Å². The number of hydrogen-bond acceptors (Lipinski definition) is 2. The van der Waals surface area contributed by atoms with Crippen LogP contribution >= 0.6 is 11.6 Å². The fraction of sp³-hybridized carbons (Fsp3) is 0.588. The van der Waals surface area contributed by atoms with Gasteiger partial charge in [0.25, 0.3) is 0 Å². The van der Waals surface area contributed by atoms with Crippen molar-refractivity contribution < 1.29 is 4.79 Å². The topological polar surface area (TPSA) is 46.3 Å². The molecule has 21 heavy (non-hydrogen) atoms. The standard InChI is InChI=1S/C17H23ClN2O/c18-16-6-2-1-4-12(16)11-15-5-3-9-20(15)17(21)13-7-8-14(19)10-13/h1-2,4,6,13-15H,3,5,7-11,19H2/t13-,14+,15-/m0/s1. The quantitative estimate of drug-likeness (QED) is 0.933. The molecule has 2 fully saturated rings. The van der Waals surface area contributed by atoms with E-state index in [4.69, 9.17) is 17.3 Å². The molecule has 3 atom stereocenters. The number of carbonyl (C=O) groups excluding carboxylic acids is 1. The minimum atomic E-state index is 0.145. The van der Waals surface area contributed by atoms with Crippen LogP contribution in [0.4, 0.5) is 0 Å². The highest BCUT2D eigenvalue weighted by molar-refractivity contribution is 6.31. The van der Waals surface area contributed by atoms with Crippen LogP contribution in [0.2, 0.25) is 5.02 Å². The summed E-state index contributed by atoms with van der Waals surface area (Å²) < 4.78 is 0. The Hall–Kier alpha value is -1.06. The average Bonchev–Trinajstić information content (AvgIpc) is 3.10. The van der Waals surface area contributed by atoms with Gasteiger partial charge in [-0.2, -0.15) is 0 Å². The van der Waals surface area contributed by atoms with Gasteiger partial charge in [-0.3, -0.25) is 4.79 Å². The van der Waals surface area contributed by atoms with Gasteiger partial charge < -0.3 is 10.6 Å². The lowest BCUT2D eigenvalue weighted by Gasteiger charge is -2.28. The van der Waals surface area contributed by atoms with Crippen molar-refractivity contribution >= 4 is 17.5 Å². The first-order valence-corrected chi connectivity index (χ1v) is 8.32. The van der Waals surface area contributed by atoms with Gasteiger partial charge in [0, 0.05) is 29.6 Å². The number of nitrogens with two attached hydrogens (primary N) is 1. The van der Waals surface area contributed by atoms with Crippen LogP contribution in [0.25, 0.3) is 0 Å². The Balaban J connectivity index is 1.68. The van der Waals surface area contributed by atoms with Crippen molar-refractivity contribution in [2.75, 3.05) is 6.54 Å². The summed E-state index contributed by atoms with van der Waals surface area (Å²) in [6.45, 7) is 0.889. The highest BCUT2D eigenvalue weighted by atomic mass is 35.5. The molecule has 0 radical (unpaired) electrons. The van der Waals surface area contributed by atoms with Crippen LogP contribution in [0.3, 0.4) is 0 Å². The lowest BCUT2D eigenvalue weighted by molar-refractivity contribution is -0.136. The first kappa shape index (κ1) is 14.9.